The highest BCUT2D eigenvalue weighted by molar-refractivity contribution is 7.89. The largest absolute Gasteiger partial charge is 0.373 e. The third kappa shape index (κ3) is 3.86. The summed E-state index contributed by atoms with van der Waals surface area (Å²) in [6.45, 7) is 4.67. The number of anilines is 1. The summed E-state index contributed by atoms with van der Waals surface area (Å²) < 4.78 is 30.7. The molecule has 0 N–H and O–H groups in total. The van der Waals surface area contributed by atoms with Crippen molar-refractivity contribution in [3.05, 3.63) is 24.8 Å². The first-order valence-electron chi connectivity index (χ1n) is 7.96. The number of aromatic nitrogens is 2. The number of hydrogen-bond acceptors (Lipinski definition) is 7. The molecule has 1 aromatic carbocycles. The molecule has 26 heavy (non-hydrogen) atoms. The van der Waals surface area contributed by atoms with Crippen molar-refractivity contribution in [2.24, 2.45) is 0 Å². The Kier molecular flexibility index (Phi) is 5.98. The van der Waals surface area contributed by atoms with Gasteiger partial charge in [0.25, 0.3) is 0 Å². The van der Waals surface area contributed by atoms with Gasteiger partial charge in [-0.3, -0.25) is 4.79 Å². The van der Waals surface area contributed by atoms with Crippen molar-refractivity contribution in [1.29, 1.82) is 0 Å². The minimum absolute atomic E-state index is 0.0483. The summed E-state index contributed by atoms with van der Waals surface area (Å²) >= 11 is 0. The van der Waals surface area contributed by atoms with E-state index in [4.69, 9.17) is 4.63 Å². The number of nitrogens with zero attached hydrogens (tertiary/aromatic N) is 5. The van der Waals surface area contributed by atoms with Crippen molar-refractivity contribution < 1.29 is 17.8 Å². The second-order valence-electron chi connectivity index (χ2n) is 6.07. The maximum atomic E-state index is 12.4. The Balaban J connectivity index is 2.22. The van der Waals surface area contributed by atoms with E-state index in [9.17, 15) is 13.2 Å². The van der Waals surface area contributed by atoms with E-state index >= 15 is 0 Å². The van der Waals surface area contributed by atoms with Crippen LogP contribution in [-0.4, -0.2) is 75.1 Å². The lowest BCUT2D eigenvalue weighted by Crippen LogP contribution is -2.29. The number of amides is 1. The highest BCUT2D eigenvalue weighted by atomic mass is 32.2. The summed E-state index contributed by atoms with van der Waals surface area (Å²) in [6.07, 6.45) is 2.00. The fourth-order valence-electron chi connectivity index (χ4n) is 2.48. The van der Waals surface area contributed by atoms with Gasteiger partial charge in [0.1, 0.15) is 4.90 Å². The molecule has 1 amide bonds. The van der Waals surface area contributed by atoms with Crippen LogP contribution in [0.5, 0.6) is 0 Å². The van der Waals surface area contributed by atoms with Crippen molar-refractivity contribution in [3.63, 3.8) is 0 Å². The Morgan fingerprint density at radius 1 is 1.15 bits per heavy atom. The number of sulfonamides is 1. The maximum absolute atomic E-state index is 12.4. The van der Waals surface area contributed by atoms with Crippen LogP contribution in [0.25, 0.3) is 11.0 Å². The molecule has 0 saturated carbocycles. The van der Waals surface area contributed by atoms with Gasteiger partial charge in [-0.2, -0.15) is 0 Å². The Morgan fingerprint density at radius 3 is 2.42 bits per heavy atom. The van der Waals surface area contributed by atoms with E-state index in [1.807, 2.05) is 11.9 Å². The van der Waals surface area contributed by atoms with Crippen molar-refractivity contribution in [3.8, 4) is 0 Å². The number of fused-ring (bicyclic) bond motifs is 1. The molecule has 0 fully saturated rings. The van der Waals surface area contributed by atoms with E-state index in [2.05, 4.69) is 16.9 Å². The van der Waals surface area contributed by atoms with E-state index < -0.39 is 10.0 Å². The van der Waals surface area contributed by atoms with E-state index in [1.54, 1.807) is 18.0 Å². The lowest BCUT2D eigenvalue weighted by molar-refractivity contribution is -0.124. The van der Waals surface area contributed by atoms with Gasteiger partial charge in [-0.05, 0) is 34.9 Å². The van der Waals surface area contributed by atoms with Crippen LogP contribution in [0.3, 0.4) is 0 Å². The molecular formula is C16H23N5O4S. The van der Waals surface area contributed by atoms with Gasteiger partial charge in [0.15, 0.2) is 11.0 Å². The SMILES string of the molecule is C=CC(=O)N(C)CCCN(C)c1ccc(S(=O)(=O)N(C)C)c2nonc12. The number of benzene rings is 1. The molecule has 2 rings (SSSR count). The molecule has 1 heterocycles. The van der Waals surface area contributed by atoms with Crippen LogP contribution >= 0.6 is 0 Å². The molecule has 10 heteroatoms. The van der Waals surface area contributed by atoms with Crippen LogP contribution in [0.1, 0.15) is 6.42 Å². The first-order chi connectivity index (χ1) is 12.2. The molecule has 0 aliphatic heterocycles. The zero-order valence-electron chi connectivity index (χ0n) is 15.3. The molecule has 0 unspecified atom stereocenters. The number of likely N-dealkylation sites (N-methyl/N-ethyl adjacent to an activating group) is 1. The van der Waals surface area contributed by atoms with Crippen molar-refractivity contribution in [1.82, 2.24) is 19.5 Å². The minimum atomic E-state index is -3.66. The molecule has 0 radical (unpaired) electrons. The monoisotopic (exact) mass is 381 g/mol. The predicted molar refractivity (Wildman–Crippen MR) is 98.4 cm³/mol. The number of rotatable bonds is 8. The molecule has 142 valence electrons. The molecule has 0 bridgehead atoms. The van der Waals surface area contributed by atoms with Crippen molar-refractivity contribution >= 4 is 32.7 Å². The molecule has 9 nitrogen and oxygen atoms in total. The van der Waals surface area contributed by atoms with Crippen LogP contribution in [0.4, 0.5) is 5.69 Å². The van der Waals surface area contributed by atoms with E-state index in [1.165, 1.54) is 26.2 Å². The van der Waals surface area contributed by atoms with Gasteiger partial charge in [-0.25, -0.2) is 17.4 Å². The Hall–Kier alpha value is -2.46. The summed E-state index contributed by atoms with van der Waals surface area (Å²) in [7, 11) is 2.82. The summed E-state index contributed by atoms with van der Waals surface area (Å²) in [5, 5.41) is 7.64. The number of carbonyl (C=O) groups excluding carboxylic acids is 1. The zero-order valence-corrected chi connectivity index (χ0v) is 16.2. The van der Waals surface area contributed by atoms with Gasteiger partial charge in [0.05, 0.1) is 5.69 Å². The average Bonchev–Trinajstić information content (AvgIpc) is 3.08. The lowest BCUT2D eigenvalue weighted by Gasteiger charge is -2.22. The van der Waals surface area contributed by atoms with Gasteiger partial charge >= 0.3 is 0 Å². The van der Waals surface area contributed by atoms with Crippen LogP contribution < -0.4 is 4.90 Å². The highest BCUT2D eigenvalue weighted by Crippen LogP contribution is 2.30. The van der Waals surface area contributed by atoms with Gasteiger partial charge in [-0.15, -0.1) is 0 Å². The summed E-state index contributed by atoms with van der Waals surface area (Å²) in [5.74, 6) is -0.131. The second-order valence-corrected chi connectivity index (χ2v) is 8.19. The molecule has 2 aromatic rings. The van der Waals surface area contributed by atoms with Crippen molar-refractivity contribution in [2.75, 3.05) is 46.2 Å². The molecule has 1 aromatic heterocycles. The fraction of sp³-hybridized carbons (Fsp3) is 0.438. The normalized spacial score (nSPS) is 11.7. The van der Waals surface area contributed by atoms with E-state index in [0.717, 1.165) is 10.7 Å². The topological polar surface area (TPSA) is 99.9 Å². The third-order valence-electron chi connectivity index (χ3n) is 4.06. The highest BCUT2D eigenvalue weighted by Gasteiger charge is 2.25. The van der Waals surface area contributed by atoms with Crippen LogP contribution in [0, 0.1) is 0 Å². The summed E-state index contributed by atoms with van der Waals surface area (Å²) in [6, 6.07) is 3.18. The Morgan fingerprint density at radius 2 is 1.81 bits per heavy atom. The standard InChI is InChI=1S/C16H23N5O4S/c1-6-14(22)21(5)11-7-10-20(4)12-8-9-13(26(23,24)19(2)3)16-15(12)17-25-18-16/h6,8-9H,1,7,10-11H2,2-5H3. The molecule has 0 atom stereocenters. The average molecular weight is 381 g/mol. The smallest absolute Gasteiger partial charge is 0.245 e. The minimum Gasteiger partial charge on any atom is -0.373 e. The molecule has 0 saturated heterocycles. The number of carbonyl (C=O) groups is 1. The fourth-order valence-corrected chi connectivity index (χ4v) is 3.49. The van der Waals surface area contributed by atoms with Gasteiger partial charge in [0, 0.05) is 41.3 Å². The van der Waals surface area contributed by atoms with Crippen LogP contribution in [0.15, 0.2) is 34.3 Å². The zero-order chi connectivity index (χ0) is 19.5. The third-order valence-corrected chi connectivity index (χ3v) is 5.91. The summed E-state index contributed by atoms with van der Waals surface area (Å²) in [5.41, 5.74) is 1.28. The van der Waals surface area contributed by atoms with Crippen LogP contribution in [-0.2, 0) is 14.8 Å². The first-order valence-corrected chi connectivity index (χ1v) is 9.40. The first kappa shape index (κ1) is 19.9. The second kappa shape index (κ2) is 7.83. The van der Waals surface area contributed by atoms with Crippen molar-refractivity contribution in [2.45, 2.75) is 11.3 Å². The number of hydrogen-bond donors (Lipinski definition) is 0. The predicted octanol–water partition coefficient (Wildman–Crippen LogP) is 0.944. The summed E-state index contributed by atoms with van der Waals surface area (Å²) in [4.78, 5) is 15.0. The van der Waals surface area contributed by atoms with Gasteiger partial charge in [0.2, 0.25) is 15.9 Å². The maximum Gasteiger partial charge on any atom is 0.245 e. The molecule has 0 spiro atoms. The Labute approximate surface area is 152 Å². The molecule has 0 aliphatic carbocycles. The van der Waals surface area contributed by atoms with Gasteiger partial charge < -0.3 is 9.80 Å². The molecule has 0 aliphatic rings. The Bertz CT molecular complexity index is 907. The molecular weight excluding hydrogens is 358 g/mol. The van der Waals surface area contributed by atoms with E-state index in [0.29, 0.717) is 24.3 Å². The van der Waals surface area contributed by atoms with Crippen LogP contribution in [0.2, 0.25) is 0 Å². The van der Waals surface area contributed by atoms with Gasteiger partial charge in [-0.1, -0.05) is 6.58 Å². The van der Waals surface area contributed by atoms with E-state index in [-0.39, 0.29) is 16.3 Å². The quantitative estimate of drug-likeness (QED) is 0.628. The lowest BCUT2D eigenvalue weighted by atomic mass is 10.2.